The number of rotatable bonds is 3. The van der Waals surface area contributed by atoms with Crippen molar-refractivity contribution in [2.45, 2.75) is 39.0 Å². The molecule has 29 heavy (non-hydrogen) atoms. The first-order valence-electron chi connectivity index (χ1n) is 9.38. The van der Waals surface area contributed by atoms with Crippen molar-refractivity contribution < 1.29 is 18.3 Å². The molecule has 4 rings (SSSR count). The second kappa shape index (κ2) is 6.97. The van der Waals surface area contributed by atoms with E-state index < -0.39 is 18.1 Å². The summed E-state index contributed by atoms with van der Waals surface area (Å²) in [6.45, 7) is 4.71. The van der Waals surface area contributed by atoms with Crippen LogP contribution >= 0.6 is 0 Å². The minimum Gasteiger partial charge on any atom is -0.385 e. The minimum atomic E-state index is -4.63. The summed E-state index contributed by atoms with van der Waals surface area (Å²) in [7, 11) is 1.84. The van der Waals surface area contributed by atoms with Gasteiger partial charge in [-0.15, -0.1) is 15.3 Å². The van der Waals surface area contributed by atoms with E-state index in [2.05, 4.69) is 20.3 Å². The van der Waals surface area contributed by atoms with E-state index in [1.54, 1.807) is 23.9 Å². The standard InChI is InChI=1S/C18H22F3N7O/c1-10-11(2)15(25-28-14(10)23-24-17(28)18(19,20)21)27-7-4-12(5-8-27)13(29)16-22-6-9-26(16)3/h6,9,12-13,29H,4-5,7-8H2,1-3H3. The lowest BCUT2D eigenvalue weighted by molar-refractivity contribution is -0.146. The fraction of sp³-hybridized carbons (Fsp3) is 0.556. The summed E-state index contributed by atoms with van der Waals surface area (Å²) >= 11 is 0. The van der Waals surface area contributed by atoms with E-state index in [0.29, 0.717) is 43.1 Å². The summed E-state index contributed by atoms with van der Waals surface area (Å²) in [6.07, 6.45) is -0.511. The van der Waals surface area contributed by atoms with Gasteiger partial charge in [-0.3, -0.25) is 0 Å². The van der Waals surface area contributed by atoms with Crippen LogP contribution in [0.2, 0.25) is 0 Å². The van der Waals surface area contributed by atoms with Crippen LogP contribution in [0.4, 0.5) is 19.0 Å². The molecule has 1 aliphatic heterocycles. The summed E-state index contributed by atoms with van der Waals surface area (Å²) in [5.74, 6) is 0.00892. The molecule has 1 unspecified atom stereocenters. The van der Waals surface area contributed by atoms with Gasteiger partial charge in [-0.1, -0.05) is 0 Å². The number of alkyl halides is 3. The number of aliphatic hydroxyl groups excluding tert-OH is 1. The van der Waals surface area contributed by atoms with E-state index in [-0.39, 0.29) is 11.6 Å². The summed E-state index contributed by atoms with van der Waals surface area (Å²) in [5.41, 5.74) is 1.51. The highest BCUT2D eigenvalue weighted by molar-refractivity contribution is 5.59. The van der Waals surface area contributed by atoms with Gasteiger partial charge >= 0.3 is 6.18 Å². The highest BCUT2D eigenvalue weighted by Gasteiger charge is 2.38. The van der Waals surface area contributed by atoms with Crippen molar-refractivity contribution in [2.24, 2.45) is 13.0 Å². The predicted molar refractivity (Wildman–Crippen MR) is 98.4 cm³/mol. The molecule has 1 saturated heterocycles. The van der Waals surface area contributed by atoms with E-state index in [9.17, 15) is 18.3 Å². The summed E-state index contributed by atoms with van der Waals surface area (Å²) in [5, 5.41) is 21.8. The van der Waals surface area contributed by atoms with Gasteiger partial charge in [-0.05, 0) is 32.6 Å². The summed E-state index contributed by atoms with van der Waals surface area (Å²) in [6, 6.07) is 0. The molecular weight excluding hydrogens is 387 g/mol. The third-order valence-electron chi connectivity index (χ3n) is 5.73. The number of piperidine rings is 1. The van der Waals surface area contributed by atoms with Gasteiger partial charge in [0.05, 0.1) is 0 Å². The highest BCUT2D eigenvalue weighted by atomic mass is 19.4. The summed E-state index contributed by atoms with van der Waals surface area (Å²) in [4.78, 5) is 6.18. The molecule has 3 aromatic rings. The molecule has 1 N–H and O–H groups in total. The average Bonchev–Trinajstić information content (AvgIpc) is 3.30. The molecule has 8 nitrogen and oxygen atoms in total. The Morgan fingerprint density at radius 1 is 1.14 bits per heavy atom. The van der Waals surface area contributed by atoms with Crippen LogP contribution in [0.1, 0.15) is 41.7 Å². The van der Waals surface area contributed by atoms with Crippen LogP contribution in [0.15, 0.2) is 12.4 Å². The van der Waals surface area contributed by atoms with Crippen LogP contribution in [-0.4, -0.2) is 47.6 Å². The van der Waals surface area contributed by atoms with Gasteiger partial charge in [0.25, 0.3) is 5.82 Å². The maximum atomic E-state index is 13.3. The molecule has 156 valence electrons. The van der Waals surface area contributed by atoms with Crippen LogP contribution in [0.3, 0.4) is 0 Å². The van der Waals surface area contributed by atoms with Crippen molar-refractivity contribution in [1.82, 2.24) is 29.4 Å². The molecule has 0 radical (unpaired) electrons. The zero-order valence-corrected chi connectivity index (χ0v) is 16.3. The second-order valence-corrected chi connectivity index (χ2v) is 7.50. The van der Waals surface area contributed by atoms with Gasteiger partial charge in [-0.25, -0.2) is 4.98 Å². The first kappa shape index (κ1) is 19.6. The van der Waals surface area contributed by atoms with Gasteiger partial charge in [-0.2, -0.15) is 17.7 Å². The number of fused-ring (bicyclic) bond motifs is 1. The van der Waals surface area contributed by atoms with Crippen molar-refractivity contribution in [3.8, 4) is 0 Å². The average molecular weight is 409 g/mol. The largest absolute Gasteiger partial charge is 0.453 e. The van der Waals surface area contributed by atoms with E-state index >= 15 is 0 Å². The van der Waals surface area contributed by atoms with Gasteiger partial charge in [0.1, 0.15) is 11.9 Å². The number of aromatic nitrogens is 6. The van der Waals surface area contributed by atoms with Crippen LogP contribution in [0, 0.1) is 19.8 Å². The van der Waals surface area contributed by atoms with Crippen molar-refractivity contribution in [1.29, 1.82) is 0 Å². The molecule has 11 heteroatoms. The topological polar surface area (TPSA) is 84.4 Å². The first-order chi connectivity index (χ1) is 13.7. The fourth-order valence-corrected chi connectivity index (χ4v) is 3.89. The Morgan fingerprint density at radius 3 is 2.41 bits per heavy atom. The smallest absolute Gasteiger partial charge is 0.385 e. The molecule has 3 aromatic heterocycles. The minimum absolute atomic E-state index is 0.0260. The molecule has 1 atom stereocenters. The number of halogens is 3. The summed E-state index contributed by atoms with van der Waals surface area (Å²) < 4.78 is 42.3. The maximum Gasteiger partial charge on any atom is 0.453 e. The van der Waals surface area contributed by atoms with E-state index in [0.717, 1.165) is 10.1 Å². The molecule has 1 aliphatic rings. The molecule has 1 fully saturated rings. The molecule has 0 aliphatic carbocycles. The SMILES string of the molecule is Cc1c(N2CCC(C(O)c3nccn3C)CC2)nn2c(C(F)(F)F)nnc2c1C. The lowest BCUT2D eigenvalue weighted by atomic mass is 9.90. The van der Waals surface area contributed by atoms with Gasteiger partial charge in [0.2, 0.25) is 0 Å². The van der Waals surface area contributed by atoms with Crippen LogP contribution in [0.25, 0.3) is 5.65 Å². The number of anilines is 1. The maximum absolute atomic E-state index is 13.3. The quantitative estimate of drug-likeness (QED) is 0.715. The lowest BCUT2D eigenvalue weighted by Gasteiger charge is -2.35. The van der Waals surface area contributed by atoms with Crippen LogP contribution < -0.4 is 4.90 Å². The Morgan fingerprint density at radius 2 is 1.83 bits per heavy atom. The van der Waals surface area contributed by atoms with Crippen molar-refractivity contribution in [3.05, 3.63) is 35.2 Å². The molecule has 0 aromatic carbocycles. The fourth-order valence-electron chi connectivity index (χ4n) is 3.89. The Hall–Kier alpha value is -2.69. The third kappa shape index (κ3) is 3.33. The van der Waals surface area contributed by atoms with E-state index in [1.807, 2.05) is 18.9 Å². The zero-order valence-electron chi connectivity index (χ0n) is 16.3. The Balaban J connectivity index is 1.60. The highest BCUT2D eigenvalue weighted by Crippen LogP contribution is 2.34. The molecule has 4 heterocycles. The second-order valence-electron chi connectivity index (χ2n) is 7.50. The number of nitrogens with zero attached hydrogens (tertiary/aromatic N) is 7. The predicted octanol–water partition coefficient (Wildman–Crippen LogP) is 2.44. The normalized spacial score (nSPS) is 17.3. The molecule has 0 bridgehead atoms. The molecule has 0 spiro atoms. The number of aryl methyl sites for hydroxylation is 2. The Kier molecular flexibility index (Phi) is 4.72. The van der Waals surface area contributed by atoms with Crippen LogP contribution in [-0.2, 0) is 13.2 Å². The zero-order chi connectivity index (χ0) is 20.9. The lowest BCUT2D eigenvalue weighted by Crippen LogP contribution is -2.37. The number of hydrogen-bond donors (Lipinski definition) is 1. The Bertz CT molecular complexity index is 1030. The monoisotopic (exact) mass is 409 g/mol. The van der Waals surface area contributed by atoms with E-state index in [1.165, 1.54) is 0 Å². The molecule has 0 saturated carbocycles. The number of aliphatic hydroxyl groups is 1. The third-order valence-corrected chi connectivity index (χ3v) is 5.73. The first-order valence-corrected chi connectivity index (χ1v) is 9.38. The van der Waals surface area contributed by atoms with Crippen molar-refractivity contribution in [2.75, 3.05) is 18.0 Å². The van der Waals surface area contributed by atoms with Gasteiger partial charge < -0.3 is 14.6 Å². The Labute approximate surface area is 165 Å². The number of hydrogen-bond acceptors (Lipinski definition) is 6. The van der Waals surface area contributed by atoms with Crippen molar-refractivity contribution in [3.63, 3.8) is 0 Å². The van der Waals surface area contributed by atoms with Gasteiger partial charge in [0.15, 0.2) is 11.5 Å². The van der Waals surface area contributed by atoms with E-state index in [4.69, 9.17) is 0 Å². The molecule has 0 amide bonds. The van der Waals surface area contributed by atoms with Crippen molar-refractivity contribution >= 4 is 11.5 Å². The van der Waals surface area contributed by atoms with Crippen LogP contribution in [0.5, 0.6) is 0 Å². The number of imidazole rings is 1. The van der Waals surface area contributed by atoms with Gasteiger partial charge in [0, 0.05) is 43.7 Å². The molecular formula is C18H22F3N7O.